The van der Waals surface area contributed by atoms with Crippen LogP contribution in [0, 0.1) is 5.92 Å². The Hall–Kier alpha value is -0.600. The fraction of sp³-hybridized carbons (Fsp3) is 0.667. The number of aliphatic hydroxyl groups is 2. The van der Waals surface area contributed by atoms with Gasteiger partial charge in [0.1, 0.15) is 0 Å². The van der Waals surface area contributed by atoms with E-state index in [9.17, 15) is 0 Å². The normalized spacial score (nSPS) is 11.0. The van der Waals surface area contributed by atoms with Crippen molar-refractivity contribution in [2.45, 2.75) is 34.1 Å². The van der Waals surface area contributed by atoms with Crippen molar-refractivity contribution in [2.24, 2.45) is 5.92 Å². The van der Waals surface area contributed by atoms with Crippen molar-refractivity contribution in [1.29, 1.82) is 0 Å². The Kier molecular flexibility index (Phi) is 11.9. The predicted octanol–water partition coefficient (Wildman–Crippen LogP) is 2.53. The van der Waals surface area contributed by atoms with Crippen LogP contribution in [0.5, 0.6) is 0 Å². The lowest BCUT2D eigenvalue weighted by molar-refractivity contribution is 0.247. The molecule has 0 saturated carbocycles. The molecule has 84 valence electrons. The van der Waals surface area contributed by atoms with Gasteiger partial charge in [-0.1, -0.05) is 23.8 Å². The number of allylic oxidation sites excluding steroid dienone is 2. The molecule has 2 nitrogen and oxygen atoms in total. The van der Waals surface area contributed by atoms with Gasteiger partial charge in [0.2, 0.25) is 0 Å². The van der Waals surface area contributed by atoms with E-state index in [0.29, 0.717) is 0 Å². The highest BCUT2D eigenvalue weighted by molar-refractivity contribution is 5.02. The van der Waals surface area contributed by atoms with E-state index in [2.05, 4.69) is 26.5 Å². The first-order chi connectivity index (χ1) is 6.49. The van der Waals surface area contributed by atoms with E-state index in [1.54, 1.807) is 6.92 Å². The molecular formula is C12H24O2. The molecule has 0 aromatic carbocycles. The van der Waals surface area contributed by atoms with Gasteiger partial charge < -0.3 is 10.2 Å². The Balaban J connectivity index is 0. The van der Waals surface area contributed by atoms with Crippen LogP contribution in [-0.4, -0.2) is 23.4 Å². The summed E-state index contributed by atoms with van der Waals surface area (Å²) in [6.45, 7) is 12.0. The predicted molar refractivity (Wildman–Crippen MR) is 62.2 cm³/mol. The molecule has 0 aromatic heterocycles. The molecule has 0 aliphatic carbocycles. The van der Waals surface area contributed by atoms with Crippen LogP contribution in [0.3, 0.4) is 0 Å². The average Bonchev–Trinajstić information content (AvgIpc) is 2.05. The molecule has 1 atom stereocenters. The van der Waals surface area contributed by atoms with E-state index in [1.807, 2.05) is 6.92 Å². The zero-order valence-electron chi connectivity index (χ0n) is 9.88. The molecule has 0 aliphatic heterocycles. The van der Waals surface area contributed by atoms with Crippen LogP contribution >= 0.6 is 0 Å². The maximum absolute atomic E-state index is 8.92. The van der Waals surface area contributed by atoms with Crippen LogP contribution in [0.1, 0.15) is 34.1 Å². The quantitative estimate of drug-likeness (QED) is 0.685. The zero-order chi connectivity index (χ0) is 11.6. The smallest absolute Gasteiger partial charge is 0.0499 e. The summed E-state index contributed by atoms with van der Waals surface area (Å²) in [5, 5.41) is 16.5. The van der Waals surface area contributed by atoms with Gasteiger partial charge in [-0.15, -0.1) is 0 Å². The SMILES string of the molecule is C=C(C)C(CO)CC=C(C)C.CCO. The van der Waals surface area contributed by atoms with Crippen LogP contribution in [0.4, 0.5) is 0 Å². The van der Waals surface area contributed by atoms with Gasteiger partial charge in [-0.2, -0.15) is 0 Å². The summed E-state index contributed by atoms with van der Waals surface area (Å²) in [5.41, 5.74) is 2.36. The van der Waals surface area contributed by atoms with Crippen molar-refractivity contribution < 1.29 is 10.2 Å². The molecule has 0 rings (SSSR count). The largest absolute Gasteiger partial charge is 0.397 e. The molecular weight excluding hydrogens is 176 g/mol. The van der Waals surface area contributed by atoms with Crippen molar-refractivity contribution in [3.8, 4) is 0 Å². The average molecular weight is 200 g/mol. The first-order valence-corrected chi connectivity index (χ1v) is 5.00. The molecule has 0 aromatic rings. The molecule has 2 N–H and O–H groups in total. The third-order valence-electron chi connectivity index (χ3n) is 1.73. The van der Waals surface area contributed by atoms with E-state index in [0.717, 1.165) is 12.0 Å². The summed E-state index contributed by atoms with van der Waals surface area (Å²) >= 11 is 0. The maximum atomic E-state index is 8.92. The van der Waals surface area contributed by atoms with E-state index >= 15 is 0 Å². The standard InChI is InChI=1S/C10H18O.C2H6O/c1-8(2)5-6-10(7-11)9(3)4;1-2-3/h5,10-11H,3,6-7H2,1-2,4H3;3H,2H2,1H3. The molecule has 14 heavy (non-hydrogen) atoms. The third-order valence-corrected chi connectivity index (χ3v) is 1.73. The Morgan fingerprint density at radius 3 is 1.93 bits per heavy atom. The molecule has 0 bridgehead atoms. The van der Waals surface area contributed by atoms with Crippen molar-refractivity contribution >= 4 is 0 Å². The Labute approximate surface area is 88.0 Å². The second kappa shape index (κ2) is 10.5. The summed E-state index contributed by atoms with van der Waals surface area (Å²) < 4.78 is 0. The summed E-state index contributed by atoms with van der Waals surface area (Å²) in [6, 6.07) is 0. The van der Waals surface area contributed by atoms with Crippen LogP contribution < -0.4 is 0 Å². The monoisotopic (exact) mass is 200 g/mol. The van der Waals surface area contributed by atoms with Crippen LogP contribution in [-0.2, 0) is 0 Å². The van der Waals surface area contributed by atoms with Crippen molar-refractivity contribution in [2.75, 3.05) is 13.2 Å². The van der Waals surface area contributed by atoms with Gasteiger partial charge in [0.05, 0.1) is 0 Å². The lowest BCUT2D eigenvalue weighted by Gasteiger charge is -2.10. The molecule has 0 aliphatic rings. The summed E-state index contributed by atoms with van der Waals surface area (Å²) in [5.74, 6) is 0.241. The van der Waals surface area contributed by atoms with Crippen LogP contribution in [0.25, 0.3) is 0 Å². The van der Waals surface area contributed by atoms with Gasteiger partial charge in [-0.25, -0.2) is 0 Å². The second-order valence-corrected chi connectivity index (χ2v) is 3.56. The lowest BCUT2D eigenvalue weighted by Crippen LogP contribution is -2.05. The molecule has 0 heterocycles. The fourth-order valence-corrected chi connectivity index (χ4v) is 0.810. The number of rotatable bonds is 4. The Morgan fingerprint density at radius 2 is 1.71 bits per heavy atom. The van der Waals surface area contributed by atoms with Crippen molar-refractivity contribution in [3.63, 3.8) is 0 Å². The highest BCUT2D eigenvalue weighted by atomic mass is 16.3. The number of aliphatic hydroxyl groups excluding tert-OH is 2. The first-order valence-electron chi connectivity index (χ1n) is 5.00. The van der Waals surface area contributed by atoms with E-state index in [4.69, 9.17) is 10.2 Å². The number of hydrogen-bond donors (Lipinski definition) is 2. The van der Waals surface area contributed by atoms with Gasteiger partial charge in [-0.05, 0) is 34.1 Å². The van der Waals surface area contributed by atoms with Gasteiger partial charge in [0, 0.05) is 19.1 Å². The Morgan fingerprint density at radius 1 is 1.29 bits per heavy atom. The van der Waals surface area contributed by atoms with E-state index in [-0.39, 0.29) is 19.1 Å². The molecule has 0 radical (unpaired) electrons. The highest BCUT2D eigenvalue weighted by Crippen LogP contribution is 2.13. The minimum absolute atomic E-state index is 0.207. The zero-order valence-corrected chi connectivity index (χ0v) is 9.88. The third kappa shape index (κ3) is 11.4. The summed E-state index contributed by atoms with van der Waals surface area (Å²) in [6.07, 6.45) is 3.05. The maximum Gasteiger partial charge on any atom is 0.0499 e. The summed E-state index contributed by atoms with van der Waals surface area (Å²) in [7, 11) is 0. The fourth-order valence-electron chi connectivity index (χ4n) is 0.810. The minimum Gasteiger partial charge on any atom is -0.397 e. The summed E-state index contributed by atoms with van der Waals surface area (Å²) in [4.78, 5) is 0. The number of hydrogen-bond acceptors (Lipinski definition) is 2. The van der Waals surface area contributed by atoms with E-state index in [1.165, 1.54) is 5.57 Å². The minimum atomic E-state index is 0.207. The van der Waals surface area contributed by atoms with Gasteiger partial charge in [0.25, 0.3) is 0 Å². The van der Waals surface area contributed by atoms with Gasteiger partial charge >= 0.3 is 0 Å². The van der Waals surface area contributed by atoms with Crippen molar-refractivity contribution in [1.82, 2.24) is 0 Å². The molecule has 0 amide bonds. The van der Waals surface area contributed by atoms with Crippen LogP contribution in [0.2, 0.25) is 0 Å². The second-order valence-electron chi connectivity index (χ2n) is 3.56. The first kappa shape index (κ1) is 15.9. The van der Waals surface area contributed by atoms with Gasteiger partial charge in [-0.3, -0.25) is 0 Å². The lowest BCUT2D eigenvalue weighted by atomic mass is 9.98. The topological polar surface area (TPSA) is 40.5 Å². The van der Waals surface area contributed by atoms with Crippen molar-refractivity contribution in [3.05, 3.63) is 23.8 Å². The molecule has 0 saturated heterocycles. The highest BCUT2D eigenvalue weighted by Gasteiger charge is 2.04. The molecule has 0 spiro atoms. The molecule has 2 heteroatoms. The Bertz CT molecular complexity index is 167. The van der Waals surface area contributed by atoms with E-state index < -0.39 is 0 Å². The van der Waals surface area contributed by atoms with Crippen LogP contribution in [0.15, 0.2) is 23.8 Å². The van der Waals surface area contributed by atoms with Gasteiger partial charge in [0.15, 0.2) is 0 Å². The molecule has 1 unspecified atom stereocenters. The molecule has 0 fully saturated rings.